The number of ketones is 1. The number of benzene rings is 1. The first-order valence-electron chi connectivity index (χ1n) is 10.9. The number of morpholine rings is 1. The van der Waals surface area contributed by atoms with Crippen LogP contribution in [0.4, 0.5) is 0 Å². The Bertz CT molecular complexity index is 712. The third kappa shape index (κ3) is 4.96. The Morgan fingerprint density at radius 3 is 2.43 bits per heavy atom. The summed E-state index contributed by atoms with van der Waals surface area (Å²) in [6.45, 7) is 2.36. The number of Topliss-reactive ketones (excluding diaryl/α,β-unsaturated/α-hetero) is 1. The third-order valence-electron chi connectivity index (χ3n) is 6.55. The highest BCUT2D eigenvalue weighted by Gasteiger charge is 2.64. The number of carbonyl (C=O) groups is 2. The van der Waals surface area contributed by atoms with Crippen molar-refractivity contribution in [1.82, 2.24) is 4.90 Å². The van der Waals surface area contributed by atoms with Crippen LogP contribution in [0.3, 0.4) is 0 Å². The van der Waals surface area contributed by atoms with Crippen molar-refractivity contribution in [3.8, 4) is 0 Å². The van der Waals surface area contributed by atoms with E-state index in [1.54, 1.807) is 0 Å². The van der Waals surface area contributed by atoms with Gasteiger partial charge in [0.1, 0.15) is 30.0 Å². The van der Waals surface area contributed by atoms with Gasteiger partial charge >= 0.3 is 5.97 Å². The molecule has 0 radical (unpaired) electrons. The number of ether oxygens (including phenoxy) is 2. The maximum atomic E-state index is 12.7. The van der Waals surface area contributed by atoms with Gasteiger partial charge in [-0.3, -0.25) is 14.5 Å². The molecule has 1 N–H and O–H groups in total. The number of unbranched alkanes of at least 4 members (excludes halogenated alkanes) is 2. The lowest BCUT2D eigenvalue weighted by Crippen LogP contribution is -2.52. The van der Waals surface area contributed by atoms with Crippen LogP contribution in [0, 0.1) is 0 Å². The Hall–Kier alpha value is -1.28. The topological polar surface area (TPSA) is 79.4 Å². The summed E-state index contributed by atoms with van der Waals surface area (Å²) in [5.41, 5.74) is 0.768. The number of aliphatic hydroxyl groups is 1. The van der Waals surface area contributed by atoms with Crippen molar-refractivity contribution < 1.29 is 24.2 Å². The Labute approximate surface area is 188 Å². The zero-order valence-corrected chi connectivity index (χ0v) is 19.2. The first kappa shape index (κ1) is 23.4. The van der Waals surface area contributed by atoms with Crippen molar-refractivity contribution in [1.29, 1.82) is 0 Å². The zero-order valence-electron chi connectivity index (χ0n) is 17.4. The minimum absolute atomic E-state index is 0. The molecule has 166 valence electrons. The number of esters is 1. The molecule has 4 rings (SSSR count). The predicted octanol–water partition coefficient (Wildman–Crippen LogP) is 3.02. The fraction of sp³-hybridized carbons (Fsp3) is 0.652. The van der Waals surface area contributed by atoms with Crippen LogP contribution in [0.25, 0.3) is 0 Å². The molecule has 3 saturated heterocycles. The van der Waals surface area contributed by atoms with Crippen molar-refractivity contribution in [2.24, 2.45) is 0 Å². The van der Waals surface area contributed by atoms with Crippen LogP contribution in [0.15, 0.2) is 30.3 Å². The summed E-state index contributed by atoms with van der Waals surface area (Å²) in [5.74, 6) is -0.728. The minimum atomic E-state index is -0.655. The Balaban J connectivity index is 0.00000256. The second kappa shape index (κ2) is 10.4. The number of piperidine rings is 1. The third-order valence-corrected chi connectivity index (χ3v) is 6.55. The van der Waals surface area contributed by atoms with Crippen molar-refractivity contribution in [3.63, 3.8) is 0 Å². The molecule has 6 nitrogen and oxygen atoms in total. The van der Waals surface area contributed by atoms with Crippen molar-refractivity contribution in [2.45, 2.75) is 81.8 Å². The van der Waals surface area contributed by atoms with Crippen LogP contribution in [0.5, 0.6) is 0 Å². The Morgan fingerprint density at radius 2 is 1.83 bits per heavy atom. The summed E-state index contributed by atoms with van der Waals surface area (Å²) in [5, 5.41) is 9.71. The highest BCUT2D eigenvalue weighted by molar-refractivity contribution is 8.93. The van der Waals surface area contributed by atoms with Crippen molar-refractivity contribution >= 4 is 28.7 Å². The molecular weight excluding hydrogens is 450 g/mol. The second-order valence-electron chi connectivity index (χ2n) is 8.54. The van der Waals surface area contributed by atoms with Crippen LogP contribution in [0.1, 0.15) is 56.9 Å². The van der Waals surface area contributed by atoms with E-state index in [1.807, 2.05) is 30.3 Å². The minimum Gasteiger partial charge on any atom is -0.462 e. The van der Waals surface area contributed by atoms with E-state index < -0.39 is 5.92 Å². The molecule has 3 heterocycles. The number of rotatable bonds is 10. The lowest BCUT2D eigenvalue weighted by Gasteiger charge is -2.40. The molecule has 0 amide bonds. The zero-order chi connectivity index (χ0) is 20.4. The maximum Gasteiger partial charge on any atom is 0.316 e. The molecule has 5 unspecified atom stereocenters. The average molecular weight is 482 g/mol. The van der Waals surface area contributed by atoms with Crippen LogP contribution in [0.2, 0.25) is 0 Å². The molecule has 0 spiro atoms. The van der Waals surface area contributed by atoms with E-state index in [0.717, 1.165) is 24.8 Å². The van der Waals surface area contributed by atoms with E-state index >= 15 is 0 Å². The number of carbonyl (C=O) groups excluding carboxylic acids is 2. The molecule has 7 heteroatoms. The summed E-state index contributed by atoms with van der Waals surface area (Å²) in [6.07, 6.45) is 5.38. The van der Waals surface area contributed by atoms with E-state index in [0.29, 0.717) is 31.6 Å². The van der Waals surface area contributed by atoms with Gasteiger partial charge in [0.2, 0.25) is 0 Å². The SMILES string of the molecule is Br.CCCCCC(=O)CN1C2CC(OC(=O)C(CO)c3ccccc3)CC1C1OC12. The lowest BCUT2D eigenvalue weighted by atomic mass is 9.96. The van der Waals surface area contributed by atoms with E-state index in [2.05, 4.69) is 11.8 Å². The van der Waals surface area contributed by atoms with Gasteiger partial charge in [-0.1, -0.05) is 50.1 Å². The summed E-state index contributed by atoms with van der Waals surface area (Å²) >= 11 is 0. The van der Waals surface area contributed by atoms with Gasteiger partial charge in [-0.15, -0.1) is 17.0 Å². The smallest absolute Gasteiger partial charge is 0.316 e. The van der Waals surface area contributed by atoms with Gasteiger partial charge < -0.3 is 14.6 Å². The summed E-state index contributed by atoms with van der Waals surface area (Å²) in [4.78, 5) is 27.4. The molecule has 5 atom stereocenters. The molecule has 30 heavy (non-hydrogen) atoms. The number of epoxide rings is 1. The maximum absolute atomic E-state index is 12.7. The number of aliphatic hydroxyl groups excluding tert-OH is 1. The number of fused-ring (bicyclic) bond motifs is 5. The van der Waals surface area contributed by atoms with E-state index in [1.165, 1.54) is 0 Å². The van der Waals surface area contributed by atoms with Gasteiger partial charge in [0.05, 0.1) is 13.2 Å². The van der Waals surface area contributed by atoms with Gasteiger partial charge in [0.15, 0.2) is 0 Å². The molecular formula is C23H32BrNO5. The number of hydrogen-bond donors (Lipinski definition) is 1. The lowest BCUT2D eigenvalue weighted by molar-refractivity contribution is -0.157. The monoisotopic (exact) mass is 481 g/mol. The van der Waals surface area contributed by atoms with Crippen LogP contribution < -0.4 is 0 Å². The molecule has 2 bridgehead atoms. The Morgan fingerprint density at radius 1 is 1.17 bits per heavy atom. The highest BCUT2D eigenvalue weighted by Crippen LogP contribution is 2.49. The summed E-state index contributed by atoms with van der Waals surface area (Å²) < 4.78 is 11.6. The molecule has 1 aromatic carbocycles. The first-order valence-corrected chi connectivity index (χ1v) is 10.9. The van der Waals surface area contributed by atoms with Gasteiger partial charge in [0.25, 0.3) is 0 Å². The van der Waals surface area contributed by atoms with E-state index in [-0.39, 0.29) is 60.0 Å². The molecule has 3 aliphatic rings. The van der Waals surface area contributed by atoms with E-state index in [4.69, 9.17) is 9.47 Å². The molecule has 3 fully saturated rings. The largest absolute Gasteiger partial charge is 0.462 e. The predicted molar refractivity (Wildman–Crippen MR) is 118 cm³/mol. The normalized spacial score (nSPS) is 30.1. The highest BCUT2D eigenvalue weighted by atomic mass is 79.9. The number of nitrogens with zero attached hydrogens (tertiary/aromatic N) is 1. The van der Waals surface area contributed by atoms with Crippen molar-refractivity contribution in [2.75, 3.05) is 13.2 Å². The summed E-state index contributed by atoms with van der Waals surface area (Å²) in [7, 11) is 0. The molecule has 0 saturated carbocycles. The number of halogens is 1. The molecule has 0 aromatic heterocycles. The first-order chi connectivity index (χ1) is 14.1. The van der Waals surface area contributed by atoms with Gasteiger partial charge in [-0.2, -0.15) is 0 Å². The van der Waals surface area contributed by atoms with Crippen LogP contribution in [-0.4, -0.2) is 65.3 Å². The van der Waals surface area contributed by atoms with Gasteiger partial charge in [-0.25, -0.2) is 0 Å². The standard InChI is InChI=1S/C23H31NO5.BrH/c1-2-3-5-10-16(26)13-24-19-11-17(12-20(24)22-21(19)29-22)28-23(27)18(14-25)15-8-6-4-7-9-15;/h4,6-9,17-22,25H,2-3,5,10-14H2,1H3;1H. The fourth-order valence-corrected chi connectivity index (χ4v) is 4.99. The second-order valence-corrected chi connectivity index (χ2v) is 8.54. The fourth-order valence-electron chi connectivity index (χ4n) is 4.99. The van der Waals surface area contributed by atoms with Gasteiger partial charge in [-0.05, 0) is 12.0 Å². The quantitative estimate of drug-likeness (QED) is 0.314. The van der Waals surface area contributed by atoms with E-state index in [9.17, 15) is 14.7 Å². The van der Waals surface area contributed by atoms with Crippen molar-refractivity contribution in [3.05, 3.63) is 35.9 Å². The molecule has 1 aromatic rings. The summed E-state index contributed by atoms with van der Waals surface area (Å²) in [6, 6.07) is 9.56. The molecule has 3 aliphatic heterocycles. The molecule has 0 aliphatic carbocycles. The number of hydrogen-bond acceptors (Lipinski definition) is 6. The average Bonchev–Trinajstić information content (AvgIpc) is 3.47. The van der Waals surface area contributed by atoms with Gasteiger partial charge in [0, 0.05) is 31.3 Å². The van der Waals surface area contributed by atoms with Crippen LogP contribution in [-0.2, 0) is 19.1 Å². The van der Waals surface area contributed by atoms with Crippen LogP contribution >= 0.6 is 17.0 Å². The Kier molecular flexibility index (Phi) is 8.07.